The Hall–Kier alpha value is -5.84. The van der Waals surface area contributed by atoms with E-state index in [9.17, 15) is 9.59 Å². The summed E-state index contributed by atoms with van der Waals surface area (Å²) in [7, 11) is 0. The largest absolute Gasteiger partial charge is 0.468 e. The number of carbonyl (C=O) groups is 2. The molecule has 240 valence electrons. The molecule has 1 saturated heterocycles. The van der Waals surface area contributed by atoms with Crippen molar-refractivity contribution in [1.82, 2.24) is 19.8 Å². The number of piperazine rings is 1. The summed E-state index contributed by atoms with van der Waals surface area (Å²) >= 11 is 0. The molecule has 0 unspecified atom stereocenters. The number of benzene rings is 4. The minimum atomic E-state index is -0.305. The zero-order chi connectivity index (χ0) is 32.9. The first-order valence-electron chi connectivity index (χ1n) is 15.9. The van der Waals surface area contributed by atoms with E-state index in [2.05, 4.69) is 15.5 Å². The second kappa shape index (κ2) is 13.9. The second-order valence-electron chi connectivity index (χ2n) is 11.7. The predicted octanol–water partition coefficient (Wildman–Crippen LogP) is 6.30. The Morgan fingerprint density at radius 3 is 2.29 bits per heavy atom. The minimum absolute atomic E-state index is 0.0755. The first kappa shape index (κ1) is 30.8. The van der Waals surface area contributed by atoms with Crippen molar-refractivity contribution in [2.45, 2.75) is 13.1 Å². The van der Waals surface area contributed by atoms with Crippen molar-refractivity contribution in [1.29, 1.82) is 0 Å². The van der Waals surface area contributed by atoms with Crippen LogP contribution in [0.5, 0.6) is 0 Å². The van der Waals surface area contributed by atoms with Gasteiger partial charge in [0.2, 0.25) is 5.95 Å². The van der Waals surface area contributed by atoms with E-state index in [-0.39, 0.29) is 18.4 Å². The predicted molar refractivity (Wildman–Crippen MR) is 187 cm³/mol. The van der Waals surface area contributed by atoms with Gasteiger partial charge in [0.05, 0.1) is 24.0 Å². The van der Waals surface area contributed by atoms with Crippen molar-refractivity contribution >= 4 is 40.0 Å². The van der Waals surface area contributed by atoms with Crippen molar-refractivity contribution in [3.8, 4) is 11.3 Å². The highest BCUT2D eigenvalue weighted by Gasteiger charge is 2.23. The summed E-state index contributed by atoms with van der Waals surface area (Å²) in [6.45, 7) is 3.66. The number of hydrogen-bond donors (Lipinski definition) is 3. The van der Waals surface area contributed by atoms with Crippen LogP contribution in [0.2, 0.25) is 0 Å². The van der Waals surface area contributed by atoms with E-state index < -0.39 is 0 Å². The Labute approximate surface area is 278 Å². The normalized spacial score (nSPS) is 13.4. The van der Waals surface area contributed by atoms with Gasteiger partial charge in [-0.25, -0.2) is 9.97 Å². The van der Waals surface area contributed by atoms with Crippen LogP contribution in [0.3, 0.4) is 0 Å². The maximum absolute atomic E-state index is 13.4. The van der Waals surface area contributed by atoms with E-state index in [0.29, 0.717) is 35.9 Å². The maximum atomic E-state index is 13.4. The molecule has 7 rings (SSSR count). The van der Waals surface area contributed by atoms with E-state index in [0.717, 1.165) is 58.8 Å². The van der Waals surface area contributed by atoms with Crippen LogP contribution in [0.4, 0.5) is 17.3 Å². The van der Waals surface area contributed by atoms with Crippen LogP contribution in [0.1, 0.15) is 32.0 Å². The lowest BCUT2D eigenvalue weighted by Gasteiger charge is -2.34. The van der Waals surface area contributed by atoms with Crippen LogP contribution in [0.25, 0.3) is 22.2 Å². The van der Waals surface area contributed by atoms with Gasteiger partial charge in [-0.05, 0) is 60.2 Å². The molecule has 2 aromatic heterocycles. The molecule has 0 radical (unpaired) electrons. The fourth-order valence-corrected chi connectivity index (χ4v) is 5.90. The van der Waals surface area contributed by atoms with E-state index in [1.165, 1.54) is 0 Å². The molecule has 0 aliphatic carbocycles. The van der Waals surface area contributed by atoms with Gasteiger partial charge in [0.25, 0.3) is 11.8 Å². The van der Waals surface area contributed by atoms with E-state index in [4.69, 9.17) is 20.1 Å². The smallest absolute Gasteiger partial charge is 0.255 e. The summed E-state index contributed by atoms with van der Waals surface area (Å²) in [4.78, 5) is 40.4. The molecule has 4 aromatic carbocycles. The quantitative estimate of drug-likeness (QED) is 0.168. The number of aromatic nitrogens is 2. The molecule has 1 fully saturated rings. The molecule has 1 aliphatic heterocycles. The van der Waals surface area contributed by atoms with Gasteiger partial charge in [-0.2, -0.15) is 0 Å². The number of nitrogens with zero attached hydrogens (tertiary/aromatic N) is 4. The Bertz CT molecular complexity index is 2040. The molecule has 48 heavy (non-hydrogen) atoms. The van der Waals surface area contributed by atoms with Gasteiger partial charge in [0, 0.05) is 66.2 Å². The topological polar surface area (TPSA) is 130 Å². The van der Waals surface area contributed by atoms with Gasteiger partial charge >= 0.3 is 0 Å². The Kier molecular flexibility index (Phi) is 8.90. The zero-order valence-electron chi connectivity index (χ0n) is 26.3. The third kappa shape index (κ3) is 6.80. The molecule has 0 bridgehead atoms. The van der Waals surface area contributed by atoms with E-state index in [1.807, 2.05) is 83.8 Å². The van der Waals surface area contributed by atoms with Gasteiger partial charge in [-0.1, -0.05) is 54.6 Å². The molecule has 10 heteroatoms. The third-order valence-corrected chi connectivity index (χ3v) is 8.50. The third-order valence-electron chi connectivity index (χ3n) is 8.50. The number of furan rings is 1. The van der Waals surface area contributed by atoms with Gasteiger partial charge in [0.1, 0.15) is 5.76 Å². The van der Waals surface area contributed by atoms with Crippen molar-refractivity contribution in [2.75, 3.05) is 36.8 Å². The molecule has 2 amide bonds. The Balaban J connectivity index is 1.02. The van der Waals surface area contributed by atoms with Gasteiger partial charge in [0.15, 0.2) is 0 Å². The monoisotopic (exact) mass is 637 g/mol. The van der Waals surface area contributed by atoms with Gasteiger partial charge in [-0.15, -0.1) is 0 Å². The van der Waals surface area contributed by atoms with Gasteiger partial charge in [-0.3, -0.25) is 14.5 Å². The Morgan fingerprint density at radius 2 is 1.54 bits per heavy atom. The highest BCUT2D eigenvalue weighted by molar-refractivity contribution is 6.06. The number of carbonyl (C=O) groups excluding carboxylic acids is 2. The second-order valence-corrected chi connectivity index (χ2v) is 11.7. The highest BCUT2D eigenvalue weighted by atomic mass is 16.3. The standard InChI is InChI=1S/C38H35N7O3/c39-24-29-13-12-28(37(47)45-20-18-44(19-21-45)25-31-9-6-22-48-31)23-34(29)41-36(46)27-14-16-30(17-15-27)40-38-42-33-11-5-4-10-32(33)35(43-38)26-7-2-1-3-8-26/h1-17,22-23H,18-21,24-25,39H2,(H,41,46)(H,40,42,43). The van der Waals surface area contributed by atoms with Crippen LogP contribution < -0.4 is 16.4 Å². The fraction of sp³-hybridized carbons (Fsp3) is 0.158. The summed E-state index contributed by atoms with van der Waals surface area (Å²) in [5, 5.41) is 7.22. The molecule has 1 aliphatic rings. The lowest BCUT2D eigenvalue weighted by atomic mass is 10.1. The number of nitrogens with one attached hydrogen (secondary N) is 2. The summed E-state index contributed by atoms with van der Waals surface area (Å²) in [5.41, 5.74) is 11.6. The summed E-state index contributed by atoms with van der Waals surface area (Å²) < 4.78 is 5.46. The van der Waals surface area contributed by atoms with Crippen molar-refractivity contribution in [3.63, 3.8) is 0 Å². The minimum Gasteiger partial charge on any atom is -0.468 e. The van der Waals surface area contributed by atoms with Crippen LogP contribution in [0, 0.1) is 0 Å². The molecule has 10 nitrogen and oxygen atoms in total. The first-order valence-corrected chi connectivity index (χ1v) is 15.9. The number of para-hydroxylation sites is 1. The lowest BCUT2D eigenvalue weighted by molar-refractivity contribution is 0.0620. The van der Waals surface area contributed by atoms with Crippen LogP contribution in [-0.4, -0.2) is 57.8 Å². The molecule has 4 N–H and O–H groups in total. The summed E-state index contributed by atoms with van der Waals surface area (Å²) in [6, 6.07) is 34.1. The van der Waals surface area contributed by atoms with Crippen molar-refractivity contribution in [2.24, 2.45) is 5.73 Å². The molecular weight excluding hydrogens is 602 g/mol. The number of hydrogen-bond acceptors (Lipinski definition) is 8. The van der Waals surface area contributed by atoms with E-state index in [1.54, 1.807) is 36.6 Å². The average molecular weight is 638 g/mol. The number of fused-ring (bicyclic) bond motifs is 1. The molecule has 6 aromatic rings. The zero-order valence-corrected chi connectivity index (χ0v) is 26.3. The Morgan fingerprint density at radius 1 is 0.792 bits per heavy atom. The van der Waals surface area contributed by atoms with Crippen molar-refractivity contribution < 1.29 is 14.0 Å². The van der Waals surface area contributed by atoms with Crippen LogP contribution in [0.15, 0.2) is 120 Å². The number of nitrogens with two attached hydrogens (primary N) is 1. The highest BCUT2D eigenvalue weighted by Crippen LogP contribution is 2.28. The SMILES string of the molecule is NCc1ccc(C(=O)N2CCN(Cc3ccco3)CC2)cc1NC(=O)c1ccc(Nc2nc(-c3ccccc3)c3ccccc3n2)cc1. The molecular formula is C38H35N7O3. The molecule has 3 heterocycles. The lowest BCUT2D eigenvalue weighted by Crippen LogP contribution is -2.48. The average Bonchev–Trinajstić information content (AvgIpc) is 3.65. The number of rotatable bonds is 9. The maximum Gasteiger partial charge on any atom is 0.255 e. The molecule has 0 atom stereocenters. The van der Waals surface area contributed by atoms with Crippen LogP contribution >= 0.6 is 0 Å². The van der Waals surface area contributed by atoms with E-state index >= 15 is 0 Å². The first-order chi connectivity index (χ1) is 23.5. The van der Waals surface area contributed by atoms with Gasteiger partial charge < -0.3 is 25.7 Å². The number of amides is 2. The van der Waals surface area contributed by atoms with Crippen LogP contribution in [-0.2, 0) is 13.1 Å². The summed E-state index contributed by atoms with van der Waals surface area (Å²) in [6.07, 6.45) is 1.67. The molecule has 0 spiro atoms. The number of anilines is 3. The molecule has 0 saturated carbocycles. The fourth-order valence-electron chi connectivity index (χ4n) is 5.90. The summed E-state index contributed by atoms with van der Waals surface area (Å²) in [5.74, 6) is 0.988. The van der Waals surface area contributed by atoms with Crippen molar-refractivity contribution in [3.05, 3.63) is 138 Å².